The van der Waals surface area contributed by atoms with E-state index in [1.807, 2.05) is 0 Å². The van der Waals surface area contributed by atoms with Crippen molar-refractivity contribution in [3.05, 3.63) is 17.2 Å². The lowest BCUT2D eigenvalue weighted by Gasteiger charge is -2.39. The second-order valence-corrected chi connectivity index (χ2v) is 5.31. The van der Waals surface area contributed by atoms with E-state index in [1.165, 1.54) is 13.0 Å². The van der Waals surface area contributed by atoms with Gasteiger partial charge in [0.25, 0.3) is 0 Å². The predicted octanol–water partition coefficient (Wildman–Crippen LogP) is -1.11. The van der Waals surface area contributed by atoms with Crippen LogP contribution >= 0.6 is 0 Å². The highest BCUT2D eigenvalue weighted by atomic mass is 16.7. The second kappa shape index (κ2) is 6.27. The van der Waals surface area contributed by atoms with Crippen molar-refractivity contribution in [1.29, 1.82) is 0 Å². The number of hydrogen-bond donors (Lipinski definition) is 6. The summed E-state index contributed by atoms with van der Waals surface area (Å²) < 4.78 is 10.6. The zero-order valence-corrected chi connectivity index (χ0v) is 12.2. The summed E-state index contributed by atoms with van der Waals surface area (Å²) in [6.45, 7) is 2.49. The Labute approximate surface area is 126 Å². The van der Waals surface area contributed by atoms with E-state index in [-0.39, 0.29) is 22.8 Å². The number of aromatic hydroxyl groups is 2. The number of aliphatic hydroxyl groups is 4. The summed E-state index contributed by atoms with van der Waals surface area (Å²) in [5.74, 6) is -0.327. The van der Waals surface area contributed by atoms with Gasteiger partial charge in [-0.15, -0.1) is 0 Å². The first-order chi connectivity index (χ1) is 10.3. The third-order valence-electron chi connectivity index (χ3n) is 3.82. The normalized spacial score (nSPS) is 32.0. The van der Waals surface area contributed by atoms with Gasteiger partial charge in [0.05, 0.1) is 6.61 Å². The number of rotatable bonds is 3. The van der Waals surface area contributed by atoms with Crippen LogP contribution in [0, 0.1) is 13.8 Å². The quantitative estimate of drug-likeness (QED) is 0.413. The van der Waals surface area contributed by atoms with Crippen molar-refractivity contribution < 1.29 is 40.1 Å². The van der Waals surface area contributed by atoms with Gasteiger partial charge in [-0.1, -0.05) is 0 Å². The van der Waals surface area contributed by atoms with Crippen LogP contribution in [-0.4, -0.2) is 68.0 Å². The molecule has 6 N–H and O–H groups in total. The van der Waals surface area contributed by atoms with Gasteiger partial charge in [0.1, 0.15) is 41.7 Å². The van der Waals surface area contributed by atoms with E-state index in [1.54, 1.807) is 6.92 Å². The molecule has 0 bridgehead atoms. The molecule has 0 radical (unpaired) electrons. The van der Waals surface area contributed by atoms with Gasteiger partial charge in [-0.25, -0.2) is 0 Å². The molecule has 124 valence electrons. The van der Waals surface area contributed by atoms with E-state index < -0.39 is 37.3 Å². The van der Waals surface area contributed by atoms with Gasteiger partial charge in [-0.05, 0) is 13.8 Å². The van der Waals surface area contributed by atoms with Crippen LogP contribution < -0.4 is 4.74 Å². The topological polar surface area (TPSA) is 140 Å². The molecule has 0 spiro atoms. The number of aliphatic hydroxyl groups excluding tert-OH is 4. The molecule has 1 heterocycles. The molecule has 1 fully saturated rings. The van der Waals surface area contributed by atoms with Crippen molar-refractivity contribution in [3.8, 4) is 17.2 Å². The molecule has 5 atom stereocenters. The summed E-state index contributed by atoms with van der Waals surface area (Å²) >= 11 is 0. The summed E-state index contributed by atoms with van der Waals surface area (Å²) in [4.78, 5) is 0. The number of phenols is 2. The Bertz CT molecular complexity index is 544. The molecule has 1 aromatic rings. The summed E-state index contributed by atoms with van der Waals surface area (Å²) in [5, 5.41) is 58.0. The van der Waals surface area contributed by atoms with Crippen molar-refractivity contribution in [3.63, 3.8) is 0 Å². The van der Waals surface area contributed by atoms with Gasteiger partial charge in [0.15, 0.2) is 0 Å². The van der Waals surface area contributed by atoms with Crippen molar-refractivity contribution in [1.82, 2.24) is 0 Å². The van der Waals surface area contributed by atoms with Gasteiger partial charge < -0.3 is 40.1 Å². The van der Waals surface area contributed by atoms with E-state index in [0.29, 0.717) is 5.56 Å². The Morgan fingerprint density at radius 2 is 1.68 bits per heavy atom. The van der Waals surface area contributed by atoms with Crippen LogP contribution in [0.1, 0.15) is 11.1 Å². The summed E-state index contributed by atoms with van der Waals surface area (Å²) in [6, 6.07) is 1.24. The van der Waals surface area contributed by atoms with Crippen LogP contribution in [0.25, 0.3) is 0 Å². The van der Waals surface area contributed by atoms with Crippen molar-refractivity contribution in [2.24, 2.45) is 0 Å². The molecule has 2 rings (SSSR count). The highest BCUT2D eigenvalue weighted by Gasteiger charge is 2.44. The van der Waals surface area contributed by atoms with Gasteiger partial charge in [-0.3, -0.25) is 0 Å². The van der Waals surface area contributed by atoms with Crippen LogP contribution in [0.5, 0.6) is 17.2 Å². The Morgan fingerprint density at radius 3 is 2.27 bits per heavy atom. The Hall–Kier alpha value is -1.58. The number of ether oxygens (including phenoxy) is 2. The van der Waals surface area contributed by atoms with Gasteiger partial charge in [-0.2, -0.15) is 0 Å². The van der Waals surface area contributed by atoms with Crippen molar-refractivity contribution >= 4 is 0 Å². The second-order valence-electron chi connectivity index (χ2n) is 5.31. The van der Waals surface area contributed by atoms with Crippen LogP contribution in [0.3, 0.4) is 0 Å². The molecule has 0 amide bonds. The third-order valence-corrected chi connectivity index (χ3v) is 3.82. The van der Waals surface area contributed by atoms with Crippen molar-refractivity contribution in [2.75, 3.05) is 6.61 Å². The zero-order chi connectivity index (χ0) is 16.6. The summed E-state index contributed by atoms with van der Waals surface area (Å²) in [7, 11) is 0. The molecule has 8 nitrogen and oxygen atoms in total. The fraction of sp³-hybridized carbons (Fsp3) is 0.571. The maximum atomic E-state index is 9.90. The predicted molar refractivity (Wildman–Crippen MR) is 73.6 cm³/mol. The Balaban J connectivity index is 2.26. The van der Waals surface area contributed by atoms with Gasteiger partial charge >= 0.3 is 0 Å². The average molecular weight is 316 g/mol. The highest BCUT2D eigenvalue weighted by Crippen LogP contribution is 2.38. The monoisotopic (exact) mass is 316 g/mol. The van der Waals surface area contributed by atoms with E-state index in [0.717, 1.165) is 0 Å². The minimum atomic E-state index is -1.57. The van der Waals surface area contributed by atoms with Crippen molar-refractivity contribution in [2.45, 2.75) is 44.6 Å². The maximum Gasteiger partial charge on any atom is 0.229 e. The molecule has 22 heavy (non-hydrogen) atoms. The average Bonchev–Trinajstić information content (AvgIpc) is 2.50. The van der Waals surface area contributed by atoms with Crippen LogP contribution in [0.2, 0.25) is 0 Å². The lowest BCUT2D eigenvalue weighted by Crippen LogP contribution is -2.60. The van der Waals surface area contributed by atoms with Crippen LogP contribution in [0.15, 0.2) is 6.07 Å². The van der Waals surface area contributed by atoms with E-state index in [2.05, 4.69) is 0 Å². The molecule has 1 aliphatic heterocycles. The van der Waals surface area contributed by atoms with Crippen LogP contribution in [0.4, 0.5) is 0 Å². The fourth-order valence-corrected chi connectivity index (χ4v) is 2.27. The van der Waals surface area contributed by atoms with Gasteiger partial charge in [0.2, 0.25) is 6.29 Å². The summed E-state index contributed by atoms with van der Waals surface area (Å²) in [5.41, 5.74) is 0.589. The first-order valence-corrected chi connectivity index (χ1v) is 6.77. The van der Waals surface area contributed by atoms with Gasteiger partial charge in [0, 0.05) is 17.2 Å². The largest absolute Gasteiger partial charge is 0.507 e. The molecular weight excluding hydrogens is 296 g/mol. The SMILES string of the molecule is Cc1c(O)cc(OC2OC(CO)C(O)C(O)C2O)c(C)c1O. The van der Waals surface area contributed by atoms with E-state index in [4.69, 9.17) is 14.6 Å². The molecule has 0 aromatic heterocycles. The lowest BCUT2D eigenvalue weighted by molar-refractivity contribution is -0.277. The van der Waals surface area contributed by atoms with E-state index >= 15 is 0 Å². The molecule has 8 heteroatoms. The molecular formula is C14H20O8. The Morgan fingerprint density at radius 1 is 1.05 bits per heavy atom. The first kappa shape index (κ1) is 16.8. The summed E-state index contributed by atoms with van der Waals surface area (Å²) in [6.07, 6.45) is -7.10. The van der Waals surface area contributed by atoms with E-state index in [9.17, 15) is 25.5 Å². The zero-order valence-electron chi connectivity index (χ0n) is 12.2. The molecule has 0 saturated carbocycles. The standard InChI is InChI=1S/C14H20O8/c1-5-7(16)3-8(6(2)10(5)17)21-14-13(20)12(19)11(18)9(4-15)22-14/h3,9,11-20H,4H2,1-2H3. The molecule has 1 aromatic carbocycles. The molecule has 0 aliphatic carbocycles. The molecule has 1 saturated heterocycles. The van der Waals surface area contributed by atoms with Crippen LogP contribution in [-0.2, 0) is 4.74 Å². The number of phenolic OH excluding ortho intramolecular Hbond substituents is 2. The molecule has 5 unspecified atom stereocenters. The minimum absolute atomic E-state index is 0.0462. The number of benzene rings is 1. The maximum absolute atomic E-state index is 9.90. The Kier molecular flexibility index (Phi) is 4.78. The third kappa shape index (κ3) is 2.83. The highest BCUT2D eigenvalue weighted by molar-refractivity contribution is 5.54. The lowest BCUT2D eigenvalue weighted by atomic mass is 9.99. The fourth-order valence-electron chi connectivity index (χ4n) is 2.27. The minimum Gasteiger partial charge on any atom is -0.507 e. The molecule has 1 aliphatic rings. The number of hydrogen-bond acceptors (Lipinski definition) is 8. The smallest absolute Gasteiger partial charge is 0.229 e. The first-order valence-electron chi connectivity index (χ1n) is 6.77.